The summed E-state index contributed by atoms with van der Waals surface area (Å²) in [6.45, 7) is 4.37. The second-order valence-corrected chi connectivity index (χ2v) is 9.25. The summed E-state index contributed by atoms with van der Waals surface area (Å²) in [5.41, 5.74) is 4.05. The fourth-order valence-electron chi connectivity index (χ4n) is 4.41. The lowest BCUT2D eigenvalue weighted by Gasteiger charge is -2.22. The number of carbonyl (C=O) groups excluding carboxylic acids is 2. The Balaban J connectivity index is 1.48. The summed E-state index contributed by atoms with van der Waals surface area (Å²) >= 11 is 1.43. The zero-order chi connectivity index (χ0) is 23.9. The number of hydrogen-bond acceptors (Lipinski definition) is 5. The quantitative estimate of drug-likeness (QED) is 0.369. The van der Waals surface area contributed by atoms with Crippen molar-refractivity contribution in [2.45, 2.75) is 51.9 Å². The first kappa shape index (κ1) is 24.0. The van der Waals surface area contributed by atoms with Gasteiger partial charge in [-0.25, -0.2) is 14.6 Å². The lowest BCUT2D eigenvalue weighted by Crippen LogP contribution is -2.35. The van der Waals surface area contributed by atoms with Crippen LogP contribution < -0.4 is 10.2 Å². The van der Waals surface area contributed by atoms with Gasteiger partial charge in [0.1, 0.15) is 0 Å². The number of anilines is 2. The SMILES string of the molecule is CCOC(=O)c1ccccc1NC(=O)N(CC)c1nc(-c2ccc(C3CCCCC3)cc2)cs1. The molecule has 1 heterocycles. The van der Waals surface area contributed by atoms with Crippen LogP contribution in [-0.2, 0) is 4.74 Å². The lowest BCUT2D eigenvalue weighted by molar-refractivity contribution is 0.0527. The Morgan fingerprint density at radius 2 is 1.79 bits per heavy atom. The van der Waals surface area contributed by atoms with E-state index in [-0.39, 0.29) is 12.6 Å². The van der Waals surface area contributed by atoms with Crippen LogP contribution in [0, 0.1) is 0 Å². The summed E-state index contributed by atoms with van der Waals surface area (Å²) < 4.78 is 5.11. The standard InChI is InChI=1S/C27H31N3O3S/c1-3-30(26(32)28-23-13-9-8-12-22(23)25(31)33-4-2)27-29-24(18-34-27)21-16-14-20(15-17-21)19-10-6-5-7-11-19/h8-9,12-19H,3-7,10-11H2,1-2H3,(H,28,32). The van der Waals surface area contributed by atoms with Crippen molar-refractivity contribution < 1.29 is 14.3 Å². The molecule has 1 aliphatic carbocycles. The molecule has 2 aromatic carbocycles. The zero-order valence-electron chi connectivity index (χ0n) is 19.8. The fourth-order valence-corrected chi connectivity index (χ4v) is 5.31. The van der Waals surface area contributed by atoms with Crippen LogP contribution in [0.3, 0.4) is 0 Å². The summed E-state index contributed by atoms with van der Waals surface area (Å²) in [6.07, 6.45) is 6.55. The number of amides is 2. The highest BCUT2D eigenvalue weighted by Crippen LogP contribution is 2.34. The van der Waals surface area contributed by atoms with Crippen LogP contribution in [0.1, 0.15) is 67.8 Å². The van der Waals surface area contributed by atoms with Crippen LogP contribution >= 0.6 is 11.3 Å². The van der Waals surface area contributed by atoms with E-state index in [0.29, 0.717) is 28.8 Å². The number of urea groups is 1. The second-order valence-electron chi connectivity index (χ2n) is 8.41. The minimum Gasteiger partial charge on any atom is -0.462 e. The minimum absolute atomic E-state index is 0.270. The molecule has 1 fully saturated rings. The summed E-state index contributed by atoms with van der Waals surface area (Å²) in [5, 5.41) is 5.44. The van der Waals surface area contributed by atoms with Gasteiger partial charge in [0.2, 0.25) is 0 Å². The van der Waals surface area contributed by atoms with E-state index in [1.165, 1.54) is 49.0 Å². The number of nitrogens with one attached hydrogen (secondary N) is 1. The van der Waals surface area contributed by atoms with Gasteiger partial charge in [-0.3, -0.25) is 4.90 Å². The molecule has 0 saturated heterocycles. The van der Waals surface area contributed by atoms with Gasteiger partial charge >= 0.3 is 12.0 Å². The number of nitrogens with zero attached hydrogens (tertiary/aromatic N) is 2. The molecule has 0 aliphatic heterocycles. The summed E-state index contributed by atoms with van der Waals surface area (Å²) in [7, 11) is 0. The highest BCUT2D eigenvalue weighted by molar-refractivity contribution is 7.14. The summed E-state index contributed by atoms with van der Waals surface area (Å²) in [5.74, 6) is 0.209. The topological polar surface area (TPSA) is 71.5 Å². The van der Waals surface area contributed by atoms with Crippen LogP contribution in [0.4, 0.5) is 15.6 Å². The summed E-state index contributed by atoms with van der Waals surface area (Å²) in [6, 6.07) is 15.2. The third-order valence-electron chi connectivity index (χ3n) is 6.23. The Kier molecular flexibility index (Phi) is 7.95. The van der Waals surface area contributed by atoms with Gasteiger partial charge in [-0.2, -0.15) is 0 Å². The number of carbonyl (C=O) groups is 2. The molecule has 178 valence electrons. The second kappa shape index (κ2) is 11.3. The minimum atomic E-state index is -0.463. The van der Waals surface area contributed by atoms with Gasteiger partial charge in [0.25, 0.3) is 0 Å². The molecule has 6 nitrogen and oxygen atoms in total. The van der Waals surface area contributed by atoms with Crippen molar-refractivity contribution in [3.63, 3.8) is 0 Å². The Morgan fingerprint density at radius 3 is 2.50 bits per heavy atom. The number of aromatic nitrogens is 1. The average molecular weight is 478 g/mol. The van der Waals surface area contributed by atoms with Gasteiger partial charge < -0.3 is 10.1 Å². The number of esters is 1. The first-order valence-electron chi connectivity index (χ1n) is 12.0. The average Bonchev–Trinajstić information content (AvgIpc) is 3.35. The number of ether oxygens (including phenoxy) is 1. The maximum absolute atomic E-state index is 13.1. The smallest absolute Gasteiger partial charge is 0.340 e. The van der Waals surface area contributed by atoms with E-state index >= 15 is 0 Å². The van der Waals surface area contributed by atoms with Crippen molar-refractivity contribution in [1.82, 2.24) is 4.98 Å². The molecule has 1 N–H and O–H groups in total. The predicted molar refractivity (Wildman–Crippen MR) is 138 cm³/mol. The molecule has 4 rings (SSSR count). The molecule has 1 aliphatic rings. The van der Waals surface area contributed by atoms with E-state index in [2.05, 4.69) is 29.6 Å². The molecular formula is C27H31N3O3S. The van der Waals surface area contributed by atoms with E-state index in [9.17, 15) is 9.59 Å². The molecule has 0 spiro atoms. The van der Waals surface area contributed by atoms with E-state index < -0.39 is 5.97 Å². The van der Waals surface area contributed by atoms with E-state index in [1.807, 2.05) is 12.3 Å². The van der Waals surface area contributed by atoms with Crippen molar-refractivity contribution in [2.24, 2.45) is 0 Å². The van der Waals surface area contributed by atoms with Gasteiger partial charge in [0.15, 0.2) is 5.13 Å². The molecule has 0 atom stereocenters. The van der Waals surface area contributed by atoms with Crippen molar-refractivity contribution in [3.05, 3.63) is 65.0 Å². The fraction of sp³-hybridized carbons (Fsp3) is 0.370. The Labute approximate surface area is 205 Å². The van der Waals surface area contributed by atoms with Crippen molar-refractivity contribution >= 4 is 34.2 Å². The highest BCUT2D eigenvalue weighted by Gasteiger charge is 2.21. The maximum Gasteiger partial charge on any atom is 0.340 e. The van der Waals surface area contributed by atoms with Gasteiger partial charge in [-0.15, -0.1) is 11.3 Å². The van der Waals surface area contributed by atoms with Crippen molar-refractivity contribution in [2.75, 3.05) is 23.4 Å². The van der Waals surface area contributed by atoms with Crippen LogP contribution in [0.5, 0.6) is 0 Å². The van der Waals surface area contributed by atoms with Gasteiger partial charge in [0.05, 0.1) is 23.6 Å². The number of hydrogen-bond donors (Lipinski definition) is 1. The number of para-hydroxylation sites is 1. The van der Waals surface area contributed by atoms with E-state index in [1.54, 1.807) is 36.1 Å². The van der Waals surface area contributed by atoms with Gasteiger partial charge in [-0.05, 0) is 50.3 Å². The molecular weight excluding hydrogens is 446 g/mol. The lowest BCUT2D eigenvalue weighted by atomic mass is 9.84. The maximum atomic E-state index is 13.1. The van der Waals surface area contributed by atoms with Crippen LogP contribution in [-0.4, -0.2) is 30.1 Å². The summed E-state index contributed by atoms with van der Waals surface area (Å²) in [4.78, 5) is 31.6. The highest BCUT2D eigenvalue weighted by atomic mass is 32.1. The first-order chi connectivity index (χ1) is 16.6. The van der Waals surface area contributed by atoms with Crippen molar-refractivity contribution in [1.29, 1.82) is 0 Å². The third-order valence-corrected chi connectivity index (χ3v) is 7.09. The van der Waals surface area contributed by atoms with Crippen LogP contribution in [0.2, 0.25) is 0 Å². The number of rotatable bonds is 7. The van der Waals surface area contributed by atoms with E-state index in [4.69, 9.17) is 9.72 Å². The zero-order valence-corrected chi connectivity index (χ0v) is 20.6. The molecule has 34 heavy (non-hydrogen) atoms. The van der Waals surface area contributed by atoms with E-state index in [0.717, 1.165) is 11.3 Å². The molecule has 7 heteroatoms. The molecule has 2 amide bonds. The molecule has 0 radical (unpaired) electrons. The van der Waals surface area contributed by atoms with Gasteiger partial charge in [0, 0.05) is 17.5 Å². The number of benzene rings is 2. The molecule has 3 aromatic rings. The predicted octanol–water partition coefficient (Wildman–Crippen LogP) is 7.09. The monoisotopic (exact) mass is 477 g/mol. The van der Waals surface area contributed by atoms with Crippen molar-refractivity contribution in [3.8, 4) is 11.3 Å². The Hall–Kier alpha value is -3.19. The first-order valence-corrected chi connectivity index (χ1v) is 12.9. The third kappa shape index (κ3) is 5.47. The largest absolute Gasteiger partial charge is 0.462 e. The van der Waals surface area contributed by atoms with Gasteiger partial charge in [-0.1, -0.05) is 55.7 Å². The number of thiazole rings is 1. The Morgan fingerprint density at radius 1 is 1.06 bits per heavy atom. The molecule has 1 aromatic heterocycles. The molecule has 0 unspecified atom stereocenters. The van der Waals surface area contributed by atoms with Crippen LogP contribution in [0.15, 0.2) is 53.9 Å². The van der Waals surface area contributed by atoms with Crippen LogP contribution in [0.25, 0.3) is 11.3 Å². The Bertz CT molecular complexity index is 1120. The normalized spacial score (nSPS) is 13.9. The molecule has 1 saturated carbocycles. The molecule has 0 bridgehead atoms.